The van der Waals surface area contributed by atoms with Gasteiger partial charge in [0.2, 0.25) is 0 Å². The largest absolute Gasteiger partial charge is 0.350 e. The standard InChI is InChI=1S/C16H28O4/c1-2-3-15-19-16(20-18)13-11-9-7-5-4-6-8-10-12-14-17/h6-9,14,16,18H,2-5,10-13,15H2,1H3/b8-6+,9-7+. The van der Waals surface area contributed by atoms with Crippen molar-refractivity contribution in [3.05, 3.63) is 24.3 Å². The summed E-state index contributed by atoms with van der Waals surface area (Å²) >= 11 is 0. The van der Waals surface area contributed by atoms with E-state index in [0.29, 0.717) is 19.4 Å². The van der Waals surface area contributed by atoms with Crippen LogP contribution < -0.4 is 0 Å². The fourth-order valence-corrected chi connectivity index (χ4v) is 1.59. The SMILES string of the molecule is CCCCOC(CC/C=C/CC/C=C/CCC=O)OO. The first-order valence-corrected chi connectivity index (χ1v) is 7.50. The van der Waals surface area contributed by atoms with Gasteiger partial charge >= 0.3 is 0 Å². The number of allylic oxidation sites excluding steroid dienone is 4. The van der Waals surface area contributed by atoms with Gasteiger partial charge in [0.25, 0.3) is 0 Å². The monoisotopic (exact) mass is 284 g/mol. The van der Waals surface area contributed by atoms with Gasteiger partial charge in [-0.1, -0.05) is 37.6 Å². The molecule has 0 amide bonds. The summed E-state index contributed by atoms with van der Waals surface area (Å²) in [6.45, 7) is 2.71. The number of ether oxygens (including phenoxy) is 1. The van der Waals surface area contributed by atoms with Crippen molar-refractivity contribution < 1.29 is 19.7 Å². The van der Waals surface area contributed by atoms with Gasteiger partial charge in [-0.25, -0.2) is 10.1 Å². The fraction of sp³-hybridized carbons (Fsp3) is 0.688. The number of hydrogen-bond acceptors (Lipinski definition) is 4. The zero-order valence-corrected chi connectivity index (χ0v) is 12.5. The number of aldehydes is 1. The van der Waals surface area contributed by atoms with Crippen molar-refractivity contribution in [1.82, 2.24) is 0 Å². The number of carbonyl (C=O) groups excluding carboxylic acids is 1. The van der Waals surface area contributed by atoms with E-state index in [1.54, 1.807) is 0 Å². The Morgan fingerprint density at radius 2 is 1.60 bits per heavy atom. The lowest BCUT2D eigenvalue weighted by atomic mass is 10.2. The van der Waals surface area contributed by atoms with Gasteiger partial charge in [-0.2, -0.15) is 0 Å². The van der Waals surface area contributed by atoms with Gasteiger partial charge in [-0.15, -0.1) is 0 Å². The van der Waals surface area contributed by atoms with Crippen LogP contribution in [0.2, 0.25) is 0 Å². The van der Waals surface area contributed by atoms with Crippen molar-refractivity contribution in [3.63, 3.8) is 0 Å². The number of unbranched alkanes of at least 4 members (excludes halogenated alkanes) is 3. The Balaban J connectivity index is 3.48. The molecule has 0 aliphatic rings. The normalized spacial score (nSPS) is 13.3. The van der Waals surface area contributed by atoms with Crippen molar-refractivity contribution in [2.24, 2.45) is 0 Å². The summed E-state index contributed by atoms with van der Waals surface area (Å²) in [6, 6.07) is 0. The van der Waals surface area contributed by atoms with Gasteiger partial charge in [-0.3, -0.25) is 0 Å². The van der Waals surface area contributed by atoms with E-state index in [1.165, 1.54) is 0 Å². The van der Waals surface area contributed by atoms with Gasteiger partial charge in [0, 0.05) is 19.4 Å². The Labute approximate surface area is 122 Å². The molecule has 0 saturated heterocycles. The number of hydrogen-bond donors (Lipinski definition) is 1. The fourth-order valence-electron chi connectivity index (χ4n) is 1.59. The van der Waals surface area contributed by atoms with Crippen molar-refractivity contribution in [2.75, 3.05) is 6.61 Å². The molecular formula is C16H28O4. The van der Waals surface area contributed by atoms with Crippen LogP contribution in [0.1, 0.15) is 58.3 Å². The van der Waals surface area contributed by atoms with Crippen LogP contribution in [0.25, 0.3) is 0 Å². The quantitative estimate of drug-likeness (QED) is 0.129. The van der Waals surface area contributed by atoms with Crippen molar-refractivity contribution in [1.29, 1.82) is 0 Å². The number of rotatable bonds is 14. The molecule has 0 aliphatic carbocycles. The minimum Gasteiger partial charge on any atom is -0.350 e. The molecule has 4 heteroatoms. The van der Waals surface area contributed by atoms with Crippen LogP contribution in [-0.2, 0) is 14.4 Å². The van der Waals surface area contributed by atoms with Gasteiger partial charge in [0.15, 0.2) is 6.29 Å². The lowest BCUT2D eigenvalue weighted by Gasteiger charge is -2.12. The highest BCUT2D eigenvalue weighted by atomic mass is 17.1. The molecule has 0 bridgehead atoms. The summed E-state index contributed by atoms with van der Waals surface area (Å²) in [5.74, 6) is 0. The van der Waals surface area contributed by atoms with Gasteiger partial charge in [-0.05, 0) is 32.1 Å². The highest BCUT2D eigenvalue weighted by Gasteiger charge is 2.06. The van der Waals surface area contributed by atoms with E-state index in [2.05, 4.69) is 30.0 Å². The third kappa shape index (κ3) is 13.5. The van der Waals surface area contributed by atoms with E-state index in [1.807, 2.05) is 6.08 Å². The molecule has 20 heavy (non-hydrogen) atoms. The average Bonchev–Trinajstić information content (AvgIpc) is 2.47. The van der Waals surface area contributed by atoms with Crippen molar-refractivity contribution in [2.45, 2.75) is 64.6 Å². The summed E-state index contributed by atoms with van der Waals surface area (Å²) < 4.78 is 5.37. The van der Waals surface area contributed by atoms with Gasteiger partial charge in [0.1, 0.15) is 6.29 Å². The molecule has 0 rings (SSSR count). The first-order valence-electron chi connectivity index (χ1n) is 7.50. The van der Waals surface area contributed by atoms with Crippen LogP contribution in [0.4, 0.5) is 0 Å². The molecule has 0 saturated carbocycles. The van der Waals surface area contributed by atoms with Gasteiger partial charge < -0.3 is 9.53 Å². The Kier molecular flexibility index (Phi) is 15.3. The highest BCUT2D eigenvalue weighted by Crippen LogP contribution is 2.06. The number of carbonyl (C=O) groups is 1. The smallest absolute Gasteiger partial charge is 0.191 e. The minimum absolute atomic E-state index is 0.519. The highest BCUT2D eigenvalue weighted by molar-refractivity contribution is 5.49. The van der Waals surface area contributed by atoms with E-state index in [9.17, 15) is 4.79 Å². The zero-order chi connectivity index (χ0) is 14.9. The molecule has 0 heterocycles. The van der Waals surface area contributed by atoms with Crippen LogP contribution in [0, 0.1) is 0 Å². The van der Waals surface area contributed by atoms with Crippen molar-refractivity contribution in [3.8, 4) is 0 Å². The Bertz CT molecular complexity index is 261. The van der Waals surface area contributed by atoms with Crippen molar-refractivity contribution >= 4 is 6.29 Å². The molecule has 0 fully saturated rings. The lowest BCUT2D eigenvalue weighted by Crippen LogP contribution is -2.15. The third-order valence-electron chi connectivity index (χ3n) is 2.77. The Morgan fingerprint density at radius 1 is 1.00 bits per heavy atom. The summed E-state index contributed by atoms with van der Waals surface area (Å²) in [5, 5.41) is 8.69. The van der Waals surface area contributed by atoms with Crippen LogP contribution >= 0.6 is 0 Å². The summed E-state index contributed by atoms with van der Waals surface area (Å²) in [7, 11) is 0. The van der Waals surface area contributed by atoms with Gasteiger partial charge in [0.05, 0.1) is 0 Å². The maximum atomic E-state index is 10.1. The van der Waals surface area contributed by atoms with Crippen LogP contribution in [0.5, 0.6) is 0 Å². The van der Waals surface area contributed by atoms with Crippen LogP contribution in [-0.4, -0.2) is 24.4 Å². The van der Waals surface area contributed by atoms with Crippen LogP contribution in [0.15, 0.2) is 24.3 Å². The predicted octanol–water partition coefficient (Wildman–Crippen LogP) is 4.27. The van der Waals surface area contributed by atoms with E-state index in [4.69, 9.17) is 9.99 Å². The molecule has 0 aliphatic heterocycles. The second kappa shape index (κ2) is 16.1. The van der Waals surface area contributed by atoms with E-state index < -0.39 is 6.29 Å². The second-order valence-electron chi connectivity index (χ2n) is 4.60. The molecule has 0 radical (unpaired) electrons. The Hall–Kier alpha value is -0.970. The van der Waals surface area contributed by atoms with E-state index in [0.717, 1.165) is 44.8 Å². The maximum Gasteiger partial charge on any atom is 0.191 e. The van der Waals surface area contributed by atoms with E-state index in [-0.39, 0.29) is 0 Å². The summed E-state index contributed by atoms with van der Waals surface area (Å²) in [4.78, 5) is 14.4. The second-order valence-corrected chi connectivity index (χ2v) is 4.60. The topological polar surface area (TPSA) is 55.8 Å². The molecule has 1 atom stereocenters. The molecule has 0 aromatic heterocycles. The molecule has 1 N–H and O–H groups in total. The first-order chi connectivity index (χ1) is 9.85. The Morgan fingerprint density at radius 3 is 2.15 bits per heavy atom. The molecular weight excluding hydrogens is 256 g/mol. The molecule has 0 aromatic rings. The maximum absolute atomic E-state index is 10.1. The first kappa shape index (κ1) is 19.0. The summed E-state index contributed by atoms with van der Waals surface area (Å²) in [6.07, 6.45) is 15.7. The molecule has 1 unspecified atom stereocenters. The molecule has 0 aromatic carbocycles. The summed E-state index contributed by atoms with van der Waals surface area (Å²) in [5.41, 5.74) is 0. The average molecular weight is 284 g/mol. The lowest BCUT2D eigenvalue weighted by molar-refractivity contribution is -0.347. The van der Waals surface area contributed by atoms with Crippen LogP contribution in [0.3, 0.4) is 0 Å². The molecule has 0 spiro atoms. The predicted molar refractivity (Wildman–Crippen MR) is 80.4 cm³/mol. The minimum atomic E-state index is -0.519. The molecule has 116 valence electrons. The third-order valence-corrected chi connectivity index (χ3v) is 2.77. The molecule has 4 nitrogen and oxygen atoms in total. The zero-order valence-electron chi connectivity index (χ0n) is 12.5. The van der Waals surface area contributed by atoms with E-state index >= 15 is 0 Å².